The molecule has 2 amide bonds. The summed E-state index contributed by atoms with van der Waals surface area (Å²) in [4.78, 5) is 51.3. The lowest BCUT2D eigenvalue weighted by Crippen LogP contribution is -2.39. The molecule has 1 aromatic carbocycles. The third-order valence-corrected chi connectivity index (χ3v) is 4.99. The van der Waals surface area contributed by atoms with Gasteiger partial charge in [0.15, 0.2) is 0 Å². The van der Waals surface area contributed by atoms with Crippen LogP contribution in [0, 0.1) is 24.0 Å². The van der Waals surface area contributed by atoms with Crippen LogP contribution in [-0.4, -0.2) is 47.9 Å². The predicted molar refractivity (Wildman–Crippen MR) is 125 cm³/mol. The van der Waals surface area contributed by atoms with E-state index in [4.69, 9.17) is 0 Å². The van der Waals surface area contributed by atoms with Gasteiger partial charge in [0.25, 0.3) is 5.69 Å². The molecule has 0 aliphatic rings. The molecular formula is C23H29N5O6. The number of amides is 2. The van der Waals surface area contributed by atoms with E-state index in [2.05, 4.69) is 25.7 Å². The van der Waals surface area contributed by atoms with E-state index in [9.17, 15) is 24.5 Å². The summed E-state index contributed by atoms with van der Waals surface area (Å²) in [5.74, 6) is -0.696. The number of pyridine rings is 1. The number of hydrogen-bond acceptors (Lipinski definition) is 8. The van der Waals surface area contributed by atoms with Gasteiger partial charge in [-0.05, 0) is 38.0 Å². The average Bonchev–Trinajstić information content (AvgIpc) is 2.80. The molecule has 1 aromatic heterocycles. The van der Waals surface area contributed by atoms with E-state index in [0.29, 0.717) is 24.1 Å². The summed E-state index contributed by atoms with van der Waals surface area (Å²) in [6.45, 7) is 3.73. The van der Waals surface area contributed by atoms with Gasteiger partial charge in [-0.3, -0.25) is 24.5 Å². The van der Waals surface area contributed by atoms with E-state index in [1.165, 1.54) is 13.2 Å². The fraction of sp³-hybridized carbons (Fsp3) is 0.391. The van der Waals surface area contributed by atoms with Crippen LogP contribution in [0.5, 0.6) is 0 Å². The molecule has 34 heavy (non-hydrogen) atoms. The van der Waals surface area contributed by atoms with Gasteiger partial charge in [-0.1, -0.05) is 18.2 Å². The SMILES string of the molecule is COC(=O)CC(NC(=O)CNC(=O)CCCNc1cccc(C)n1)c1ccc(C)c([N+](=O)[O-])c1. The number of nitrogens with one attached hydrogen (secondary N) is 3. The second-order valence-corrected chi connectivity index (χ2v) is 7.67. The van der Waals surface area contributed by atoms with Gasteiger partial charge >= 0.3 is 5.97 Å². The van der Waals surface area contributed by atoms with Crippen LogP contribution in [0.15, 0.2) is 36.4 Å². The molecule has 0 saturated carbocycles. The smallest absolute Gasteiger partial charge is 0.307 e. The highest BCUT2D eigenvalue weighted by Crippen LogP contribution is 2.25. The zero-order chi connectivity index (χ0) is 25.1. The van der Waals surface area contributed by atoms with Crippen molar-refractivity contribution in [2.24, 2.45) is 0 Å². The molecule has 1 atom stereocenters. The van der Waals surface area contributed by atoms with Crippen molar-refractivity contribution in [3.8, 4) is 0 Å². The number of carbonyl (C=O) groups is 3. The molecule has 1 unspecified atom stereocenters. The minimum absolute atomic E-state index is 0.121. The number of hydrogen-bond donors (Lipinski definition) is 3. The molecule has 11 heteroatoms. The summed E-state index contributed by atoms with van der Waals surface area (Å²) in [6.07, 6.45) is 0.540. The summed E-state index contributed by atoms with van der Waals surface area (Å²) >= 11 is 0. The molecule has 0 aliphatic heterocycles. The number of nitrogens with zero attached hydrogens (tertiary/aromatic N) is 2. The number of rotatable bonds is 12. The Morgan fingerprint density at radius 2 is 1.91 bits per heavy atom. The van der Waals surface area contributed by atoms with Crippen molar-refractivity contribution in [3.05, 3.63) is 63.3 Å². The fourth-order valence-corrected chi connectivity index (χ4v) is 3.16. The Morgan fingerprint density at radius 1 is 1.15 bits per heavy atom. The van der Waals surface area contributed by atoms with Crippen molar-refractivity contribution in [1.29, 1.82) is 0 Å². The summed E-state index contributed by atoms with van der Waals surface area (Å²) in [5.41, 5.74) is 1.61. The Bertz CT molecular complexity index is 1040. The van der Waals surface area contributed by atoms with Gasteiger partial charge < -0.3 is 20.7 Å². The highest BCUT2D eigenvalue weighted by Gasteiger charge is 2.22. The second kappa shape index (κ2) is 12.9. The molecule has 0 bridgehead atoms. The Hall–Kier alpha value is -4.02. The van der Waals surface area contributed by atoms with Crippen LogP contribution in [0.4, 0.5) is 11.5 Å². The molecule has 0 spiro atoms. The van der Waals surface area contributed by atoms with Crippen LogP contribution < -0.4 is 16.0 Å². The standard InChI is InChI=1S/C23H29N5O6/c1-15-9-10-17(12-19(15)28(32)33)18(13-23(31)34-3)27-22(30)14-25-21(29)8-5-11-24-20-7-4-6-16(2)26-20/h4,6-7,9-10,12,18H,5,8,11,13-14H2,1-3H3,(H,24,26)(H,25,29)(H,27,30). The normalized spacial score (nSPS) is 11.3. The number of nitro groups is 1. The molecule has 0 fully saturated rings. The van der Waals surface area contributed by atoms with Crippen molar-refractivity contribution in [2.45, 2.75) is 39.2 Å². The first-order valence-corrected chi connectivity index (χ1v) is 10.7. The largest absolute Gasteiger partial charge is 0.469 e. The van der Waals surface area contributed by atoms with Crippen LogP contribution in [0.1, 0.15) is 42.1 Å². The monoisotopic (exact) mass is 471 g/mol. The Kier molecular flexibility index (Phi) is 9.93. The topological polar surface area (TPSA) is 153 Å². The van der Waals surface area contributed by atoms with E-state index in [0.717, 1.165) is 11.5 Å². The van der Waals surface area contributed by atoms with E-state index >= 15 is 0 Å². The fourth-order valence-electron chi connectivity index (χ4n) is 3.16. The maximum Gasteiger partial charge on any atom is 0.307 e. The Balaban J connectivity index is 1.86. The molecule has 2 aromatic rings. The van der Waals surface area contributed by atoms with Crippen molar-refractivity contribution < 1.29 is 24.0 Å². The van der Waals surface area contributed by atoms with Crippen LogP contribution >= 0.6 is 0 Å². The Labute approximate surface area is 197 Å². The Morgan fingerprint density at radius 3 is 2.59 bits per heavy atom. The number of methoxy groups -OCH3 is 1. The number of carbonyl (C=O) groups excluding carboxylic acids is 3. The quantitative estimate of drug-likeness (QED) is 0.185. The molecule has 0 saturated heterocycles. The van der Waals surface area contributed by atoms with Crippen molar-refractivity contribution in [1.82, 2.24) is 15.6 Å². The first kappa shape index (κ1) is 26.2. The highest BCUT2D eigenvalue weighted by molar-refractivity contribution is 5.85. The zero-order valence-electron chi connectivity index (χ0n) is 19.4. The summed E-state index contributed by atoms with van der Waals surface area (Å²) < 4.78 is 4.67. The zero-order valence-corrected chi connectivity index (χ0v) is 19.4. The number of anilines is 1. The van der Waals surface area contributed by atoms with Crippen molar-refractivity contribution in [2.75, 3.05) is 25.5 Å². The van der Waals surface area contributed by atoms with Crippen LogP contribution in [0.2, 0.25) is 0 Å². The van der Waals surface area contributed by atoms with Gasteiger partial charge in [0.05, 0.1) is 31.0 Å². The minimum atomic E-state index is -0.845. The molecule has 1 heterocycles. The van der Waals surface area contributed by atoms with E-state index in [-0.39, 0.29) is 31.0 Å². The van der Waals surface area contributed by atoms with Crippen LogP contribution in [0.3, 0.4) is 0 Å². The maximum absolute atomic E-state index is 12.4. The predicted octanol–water partition coefficient (Wildman–Crippen LogP) is 2.34. The number of ether oxygens (including phenoxy) is 1. The van der Waals surface area contributed by atoms with E-state index in [1.54, 1.807) is 19.1 Å². The minimum Gasteiger partial charge on any atom is -0.469 e. The molecule has 3 N–H and O–H groups in total. The van der Waals surface area contributed by atoms with Gasteiger partial charge in [0.2, 0.25) is 11.8 Å². The number of aromatic nitrogens is 1. The maximum atomic E-state index is 12.4. The molecule has 182 valence electrons. The average molecular weight is 472 g/mol. The third kappa shape index (κ3) is 8.49. The molecule has 11 nitrogen and oxygen atoms in total. The third-order valence-electron chi connectivity index (χ3n) is 4.99. The number of aryl methyl sites for hydroxylation is 2. The van der Waals surface area contributed by atoms with Gasteiger partial charge in [0.1, 0.15) is 5.82 Å². The number of nitro benzene ring substituents is 1. The molecule has 2 rings (SSSR count). The van der Waals surface area contributed by atoms with Gasteiger partial charge in [-0.25, -0.2) is 4.98 Å². The summed E-state index contributed by atoms with van der Waals surface area (Å²) in [5, 5.41) is 19.5. The summed E-state index contributed by atoms with van der Waals surface area (Å²) in [7, 11) is 1.21. The second-order valence-electron chi connectivity index (χ2n) is 7.67. The lowest BCUT2D eigenvalue weighted by atomic mass is 10.0. The van der Waals surface area contributed by atoms with Crippen molar-refractivity contribution in [3.63, 3.8) is 0 Å². The van der Waals surface area contributed by atoms with Gasteiger partial charge in [-0.2, -0.15) is 0 Å². The number of benzene rings is 1. The summed E-state index contributed by atoms with van der Waals surface area (Å²) in [6, 6.07) is 9.24. The van der Waals surface area contributed by atoms with Crippen LogP contribution in [-0.2, 0) is 19.1 Å². The van der Waals surface area contributed by atoms with Crippen molar-refractivity contribution >= 4 is 29.3 Å². The highest BCUT2D eigenvalue weighted by atomic mass is 16.6. The molecule has 0 radical (unpaired) electrons. The van der Waals surface area contributed by atoms with Crippen LogP contribution in [0.25, 0.3) is 0 Å². The molecule has 0 aliphatic carbocycles. The lowest BCUT2D eigenvalue weighted by molar-refractivity contribution is -0.385. The lowest BCUT2D eigenvalue weighted by Gasteiger charge is -2.19. The van der Waals surface area contributed by atoms with Gasteiger partial charge in [-0.15, -0.1) is 0 Å². The van der Waals surface area contributed by atoms with Gasteiger partial charge in [0, 0.05) is 30.3 Å². The van der Waals surface area contributed by atoms with E-state index < -0.39 is 22.8 Å². The first-order valence-electron chi connectivity index (χ1n) is 10.7. The number of esters is 1. The van der Waals surface area contributed by atoms with E-state index in [1.807, 2.05) is 25.1 Å². The molecular weight excluding hydrogens is 442 g/mol. The first-order chi connectivity index (χ1) is 16.2.